The van der Waals surface area contributed by atoms with Crippen LogP contribution < -0.4 is 0 Å². The summed E-state index contributed by atoms with van der Waals surface area (Å²) in [6, 6.07) is 20.2. The summed E-state index contributed by atoms with van der Waals surface area (Å²) in [5.41, 5.74) is 3.44. The van der Waals surface area contributed by atoms with E-state index in [-0.39, 0.29) is 36.5 Å². The second kappa shape index (κ2) is 10.0. The number of piperidine rings is 1. The van der Waals surface area contributed by atoms with Crippen LogP contribution in [0.2, 0.25) is 0 Å². The second-order valence-corrected chi connectivity index (χ2v) is 8.44. The van der Waals surface area contributed by atoms with Crippen molar-refractivity contribution in [2.45, 2.75) is 50.9 Å². The van der Waals surface area contributed by atoms with E-state index in [1.807, 2.05) is 0 Å². The van der Waals surface area contributed by atoms with Gasteiger partial charge in [-0.3, -0.25) is 4.90 Å². The molecule has 2 atom stereocenters. The Bertz CT molecular complexity index is 804. The summed E-state index contributed by atoms with van der Waals surface area (Å²) in [6.45, 7) is 11.1. The van der Waals surface area contributed by atoms with Crippen LogP contribution in [0.3, 0.4) is 0 Å². The van der Waals surface area contributed by atoms with Gasteiger partial charge in [-0.05, 0) is 56.6 Å². The number of rotatable bonds is 5. The van der Waals surface area contributed by atoms with Gasteiger partial charge in [0, 0.05) is 19.1 Å². The lowest BCUT2D eigenvalue weighted by Gasteiger charge is -2.46. The van der Waals surface area contributed by atoms with E-state index in [0.29, 0.717) is 0 Å². The summed E-state index contributed by atoms with van der Waals surface area (Å²) in [5.74, 6) is 0. The van der Waals surface area contributed by atoms with Crippen LogP contribution in [0.15, 0.2) is 54.6 Å². The van der Waals surface area contributed by atoms with Crippen molar-refractivity contribution < 1.29 is 4.74 Å². The van der Waals surface area contributed by atoms with Crippen molar-refractivity contribution in [3.05, 3.63) is 71.3 Å². The fourth-order valence-corrected chi connectivity index (χ4v) is 5.45. The first-order valence-corrected chi connectivity index (χ1v) is 10.9. The summed E-state index contributed by atoms with van der Waals surface area (Å²) < 4.78 is 7.36. The number of hydrogen-bond donors (Lipinski definition) is 0. The minimum absolute atomic E-state index is 0. The molecule has 5 heteroatoms. The molecular formula is C25H36Cl2N2O. The topological polar surface area (TPSA) is 15.7 Å². The van der Waals surface area contributed by atoms with Crippen molar-refractivity contribution in [3.63, 3.8) is 0 Å². The molecule has 0 bridgehead atoms. The molecule has 30 heavy (non-hydrogen) atoms. The fraction of sp³-hybridized carbons (Fsp3) is 0.520. The SMILES string of the molecule is CCN(CC)C(C)C1(c2ccccc2)OC2(CCN(C)CC2)c2ccccc21.Cl.Cl. The van der Waals surface area contributed by atoms with Crippen molar-refractivity contribution in [1.82, 2.24) is 9.80 Å². The van der Waals surface area contributed by atoms with Gasteiger partial charge in [-0.2, -0.15) is 0 Å². The van der Waals surface area contributed by atoms with Gasteiger partial charge in [0.2, 0.25) is 0 Å². The average molecular weight is 451 g/mol. The Morgan fingerprint density at radius 3 is 2.00 bits per heavy atom. The maximum atomic E-state index is 7.36. The van der Waals surface area contributed by atoms with Crippen molar-refractivity contribution in [2.24, 2.45) is 0 Å². The van der Waals surface area contributed by atoms with Crippen LogP contribution in [-0.4, -0.2) is 49.1 Å². The van der Waals surface area contributed by atoms with Crippen LogP contribution in [0.4, 0.5) is 0 Å². The largest absolute Gasteiger partial charge is 0.353 e. The molecule has 2 unspecified atom stereocenters. The first-order chi connectivity index (χ1) is 13.6. The van der Waals surface area contributed by atoms with Gasteiger partial charge in [0.1, 0.15) is 5.60 Å². The Hall–Kier alpha value is -1.10. The summed E-state index contributed by atoms with van der Waals surface area (Å²) in [4.78, 5) is 4.96. The van der Waals surface area contributed by atoms with Gasteiger partial charge in [0.25, 0.3) is 0 Å². The maximum absolute atomic E-state index is 7.36. The summed E-state index contributed by atoms with van der Waals surface area (Å²) in [6.07, 6.45) is 2.11. The van der Waals surface area contributed by atoms with Gasteiger partial charge in [-0.1, -0.05) is 68.4 Å². The average Bonchev–Trinajstić information content (AvgIpc) is 3.03. The Kier molecular flexibility index (Phi) is 8.40. The lowest BCUT2D eigenvalue weighted by molar-refractivity contribution is -0.170. The quantitative estimate of drug-likeness (QED) is 0.601. The Morgan fingerprint density at radius 1 is 0.900 bits per heavy atom. The molecule has 3 nitrogen and oxygen atoms in total. The zero-order chi connectivity index (χ0) is 19.8. The molecular weight excluding hydrogens is 415 g/mol. The Morgan fingerprint density at radius 2 is 1.43 bits per heavy atom. The lowest BCUT2D eigenvalue weighted by Crippen LogP contribution is -2.52. The van der Waals surface area contributed by atoms with Crippen molar-refractivity contribution >= 4 is 24.8 Å². The zero-order valence-corrected chi connectivity index (χ0v) is 20.3. The predicted molar refractivity (Wildman–Crippen MR) is 130 cm³/mol. The molecule has 0 aliphatic carbocycles. The van der Waals surface area contributed by atoms with Gasteiger partial charge in [-0.25, -0.2) is 0 Å². The van der Waals surface area contributed by atoms with Crippen LogP contribution in [0.1, 0.15) is 50.3 Å². The highest BCUT2D eigenvalue weighted by Crippen LogP contribution is 2.56. The van der Waals surface area contributed by atoms with Crippen molar-refractivity contribution in [3.8, 4) is 0 Å². The van der Waals surface area contributed by atoms with E-state index in [4.69, 9.17) is 4.74 Å². The number of halogens is 2. The first-order valence-electron chi connectivity index (χ1n) is 10.9. The summed E-state index contributed by atoms with van der Waals surface area (Å²) >= 11 is 0. The standard InChI is InChI=1S/C25H34N2O.2ClH/c1-5-27(6-2)20(3)25(21-12-8-7-9-13-21)23-15-11-10-14-22(23)24(28-25)16-18-26(4)19-17-24;;/h7-15,20H,5-6,16-19H2,1-4H3;2*1H. The molecule has 2 aliphatic rings. The Labute approximate surface area is 194 Å². The second-order valence-electron chi connectivity index (χ2n) is 8.44. The van der Waals surface area contributed by atoms with Crippen LogP contribution >= 0.6 is 24.8 Å². The van der Waals surface area contributed by atoms with Gasteiger partial charge >= 0.3 is 0 Å². The molecule has 2 heterocycles. The van der Waals surface area contributed by atoms with E-state index >= 15 is 0 Å². The highest BCUT2D eigenvalue weighted by molar-refractivity contribution is 5.85. The molecule has 2 aliphatic heterocycles. The number of benzene rings is 2. The number of fused-ring (bicyclic) bond motifs is 2. The molecule has 0 amide bonds. The van der Waals surface area contributed by atoms with Crippen LogP contribution in [0.25, 0.3) is 0 Å². The van der Waals surface area contributed by atoms with Gasteiger partial charge in [0.15, 0.2) is 0 Å². The van der Waals surface area contributed by atoms with E-state index < -0.39 is 5.60 Å². The van der Waals surface area contributed by atoms with Crippen LogP contribution in [0.5, 0.6) is 0 Å². The normalized spacial score (nSPS) is 23.5. The third-order valence-electron chi connectivity index (χ3n) is 7.12. The fourth-order valence-electron chi connectivity index (χ4n) is 5.45. The van der Waals surface area contributed by atoms with E-state index in [0.717, 1.165) is 39.0 Å². The number of hydrogen-bond acceptors (Lipinski definition) is 3. The zero-order valence-electron chi connectivity index (χ0n) is 18.6. The van der Waals surface area contributed by atoms with Gasteiger partial charge in [0.05, 0.1) is 5.60 Å². The molecule has 0 aromatic heterocycles. The van der Waals surface area contributed by atoms with E-state index in [2.05, 4.69) is 92.2 Å². The van der Waals surface area contributed by atoms with Gasteiger partial charge in [-0.15, -0.1) is 24.8 Å². The monoisotopic (exact) mass is 450 g/mol. The lowest BCUT2D eigenvalue weighted by atomic mass is 9.77. The Balaban J connectivity index is 0.00000160. The van der Waals surface area contributed by atoms with Gasteiger partial charge < -0.3 is 9.64 Å². The molecule has 0 saturated carbocycles. The number of likely N-dealkylation sites (tertiary alicyclic amines) is 1. The molecule has 0 N–H and O–H groups in total. The molecule has 4 rings (SSSR count). The molecule has 0 radical (unpaired) electrons. The van der Waals surface area contributed by atoms with E-state index in [1.165, 1.54) is 16.7 Å². The number of nitrogens with zero attached hydrogens (tertiary/aromatic N) is 2. The number of ether oxygens (including phenoxy) is 1. The van der Waals surface area contributed by atoms with E-state index in [1.54, 1.807) is 0 Å². The minimum Gasteiger partial charge on any atom is -0.353 e. The molecule has 2 aromatic carbocycles. The summed E-state index contributed by atoms with van der Waals surface area (Å²) in [7, 11) is 2.22. The van der Waals surface area contributed by atoms with Crippen LogP contribution in [0, 0.1) is 0 Å². The predicted octanol–water partition coefficient (Wildman–Crippen LogP) is 5.46. The first kappa shape index (κ1) is 25.2. The molecule has 1 fully saturated rings. The minimum atomic E-state index is -0.431. The smallest absolute Gasteiger partial charge is 0.135 e. The third kappa shape index (κ3) is 3.91. The highest BCUT2D eigenvalue weighted by Gasteiger charge is 2.57. The van der Waals surface area contributed by atoms with E-state index in [9.17, 15) is 0 Å². The maximum Gasteiger partial charge on any atom is 0.135 e. The number of likely N-dealkylation sites (N-methyl/N-ethyl adjacent to an activating group) is 1. The molecule has 2 aromatic rings. The highest BCUT2D eigenvalue weighted by atomic mass is 35.5. The van der Waals surface area contributed by atoms with Crippen LogP contribution in [-0.2, 0) is 15.9 Å². The van der Waals surface area contributed by atoms with Crippen molar-refractivity contribution in [2.75, 3.05) is 33.2 Å². The molecule has 1 saturated heterocycles. The third-order valence-corrected chi connectivity index (χ3v) is 7.12. The van der Waals surface area contributed by atoms with Crippen molar-refractivity contribution in [1.29, 1.82) is 0 Å². The molecule has 1 spiro atoms. The summed E-state index contributed by atoms with van der Waals surface area (Å²) in [5, 5.41) is 0. The molecule has 166 valence electrons.